The Morgan fingerprint density at radius 3 is 1.69 bits per heavy atom. The average molecular weight is 422 g/mol. The van der Waals surface area contributed by atoms with E-state index < -0.39 is 0 Å². The quantitative estimate of drug-likeness (QED) is 0.330. The highest BCUT2D eigenvalue weighted by Gasteiger charge is 2.06. The third-order valence-corrected chi connectivity index (χ3v) is 4.70. The molecule has 0 bridgehead atoms. The van der Waals surface area contributed by atoms with Gasteiger partial charge in [-0.05, 0) is 72.8 Å². The van der Waals surface area contributed by atoms with E-state index >= 15 is 0 Å². The number of azo groups is 2. The molecule has 0 saturated carbocycles. The third-order valence-electron chi connectivity index (χ3n) is 4.70. The van der Waals surface area contributed by atoms with Crippen molar-refractivity contribution in [2.45, 2.75) is 0 Å². The van der Waals surface area contributed by atoms with Crippen LogP contribution >= 0.6 is 0 Å². The van der Waals surface area contributed by atoms with Gasteiger partial charge in [-0.25, -0.2) is 0 Å². The van der Waals surface area contributed by atoms with Crippen molar-refractivity contribution in [3.05, 3.63) is 91.1 Å². The average Bonchev–Trinajstić information content (AvgIpc) is 2.83. The Labute approximate surface area is 186 Å². The monoisotopic (exact) mass is 422 g/mol. The summed E-state index contributed by atoms with van der Waals surface area (Å²) >= 11 is 0. The van der Waals surface area contributed by atoms with Crippen LogP contribution in [0.3, 0.4) is 0 Å². The fourth-order valence-electron chi connectivity index (χ4n) is 2.96. The molecule has 0 saturated heterocycles. The van der Waals surface area contributed by atoms with Crippen LogP contribution in [0.25, 0.3) is 11.3 Å². The van der Waals surface area contributed by atoms with Gasteiger partial charge >= 0.3 is 0 Å². The van der Waals surface area contributed by atoms with Crippen molar-refractivity contribution in [3.63, 3.8) is 0 Å². The van der Waals surface area contributed by atoms with Gasteiger partial charge in [0.1, 0.15) is 5.75 Å². The first-order valence-corrected chi connectivity index (χ1v) is 10.0. The Kier molecular flexibility index (Phi) is 6.27. The highest BCUT2D eigenvalue weighted by molar-refractivity contribution is 5.69. The maximum atomic E-state index is 10.3. The van der Waals surface area contributed by atoms with Crippen LogP contribution in [0.2, 0.25) is 0 Å². The first kappa shape index (κ1) is 20.9. The molecule has 0 atom stereocenters. The predicted molar refractivity (Wildman–Crippen MR) is 127 cm³/mol. The van der Waals surface area contributed by atoms with E-state index in [1.165, 1.54) is 0 Å². The number of anilines is 1. The molecule has 4 aromatic rings. The molecule has 0 amide bonds. The molecule has 0 aliphatic carbocycles. The molecule has 1 heterocycles. The highest BCUT2D eigenvalue weighted by atomic mass is 16.3. The zero-order valence-corrected chi connectivity index (χ0v) is 17.8. The number of nitrogens with zero attached hydrogens (tertiary/aromatic N) is 6. The minimum Gasteiger partial charge on any atom is -0.507 e. The van der Waals surface area contributed by atoms with Gasteiger partial charge in [0, 0.05) is 37.6 Å². The van der Waals surface area contributed by atoms with Crippen LogP contribution in [0.4, 0.5) is 28.4 Å². The molecule has 3 aromatic carbocycles. The van der Waals surface area contributed by atoms with E-state index in [4.69, 9.17) is 0 Å². The van der Waals surface area contributed by atoms with E-state index in [9.17, 15) is 5.11 Å². The molecule has 0 spiro atoms. The molecule has 32 heavy (non-hydrogen) atoms. The van der Waals surface area contributed by atoms with E-state index in [1.54, 1.807) is 24.4 Å². The number of benzene rings is 3. The lowest BCUT2D eigenvalue weighted by atomic mass is 10.1. The normalized spacial score (nSPS) is 11.3. The summed E-state index contributed by atoms with van der Waals surface area (Å²) in [4.78, 5) is 6.29. The van der Waals surface area contributed by atoms with Crippen LogP contribution in [-0.2, 0) is 0 Å². The molecule has 1 aromatic heterocycles. The van der Waals surface area contributed by atoms with Gasteiger partial charge in [-0.1, -0.05) is 6.07 Å². The van der Waals surface area contributed by atoms with Crippen molar-refractivity contribution >= 4 is 28.4 Å². The first-order valence-electron chi connectivity index (χ1n) is 10.0. The first-order chi connectivity index (χ1) is 15.6. The predicted octanol–water partition coefficient (Wildman–Crippen LogP) is 7.35. The molecule has 1 N–H and O–H groups in total. The standard InChI is InChI=1S/C25H22N6O/c1-31(2)22-13-10-20(11-14-22)28-27-18-6-8-19(9-7-18)29-30-21-12-15-23(25(32)17-21)24-5-3-4-16-26-24/h3-17,32H,1-2H3. The number of hydrogen-bond donors (Lipinski definition) is 1. The highest BCUT2D eigenvalue weighted by Crippen LogP contribution is 2.32. The maximum absolute atomic E-state index is 10.3. The van der Waals surface area contributed by atoms with E-state index in [1.807, 2.05) is 85.7 Å². The summed E-state index contributed by atoms with van der Waals surface area (Å²) in [6.07, 6.45) is 1.69. The van der Waals surface area contributed by atoms with Gasteiger partial charge in [0.15, 0.2) is 0 Å². The summed E-state index contributed by atoms with van der Waals surface area (Å²) in [5, 5.41) is 27.3. The second-order valence-electron chi connectivity index (χ2n) is 7.24. The molecule has 4 rings (SSSR count). The third kappa shape index (κ3) is 5.20. The Morgan fingerprint density at radius 2 is 1.19 bits per heavy atom. The number of aromatic nitrogens is 1. The molecule has 7 nitrogen and oxygen atoms in total. The van der Waals surface area contributed by atoms with Gasteiger partial charge in [0.2, 0.25) is 0 Å². The lowest BCUT2D eigenvalue weighted by molar-refractivity contribution is 0.477. The number of rotatable bonds is 6. The number of phenols is 1. The molecule has 0 aliphatic heterocycles. The lowest BCUT2D eigenvalue weighted by Gasteiger charge is -2.11. The van der Waals surface area contributed by atoms with E-state index in [2.05, 4.69) is 25.4 Å². The Bertz CT molecular complexity index is 1230. The van der Waals surface area contributed by atoms with Crippen LogP contribution in [0.5, 0.6) is 5.75 Å². The summed E-state index contributed by atoms with van der Waals surface area (Å²) in [5.74, 6) is 0.106. The summed E-state index contributed by atoms with van der Waals surface area (Å²) in [7, 11) is 3.99. The maximum Gasteiger partial charge on any atom is 0.127 e. The summed E-state index contributed by atoms with van der Waals surface area (Å²) < 4.78 is 0. The topological polar surface area (TPSA) is 85.8 Å². The number of phenolic OH excluding ortho intramolecular Hbond substituents is 1. The fourth-order valence-corrected chi connectivity index (χ4v) is 2.96. The van der Waals surface area contributed by atoms with Crippen molar-refractivity contribution < 1.29 is 5.11 Å². The van der Waals surface area contributed by atoms with E-state index in [0.717, 1.165) is 17.1 Å². The van der Waals surface area contributed by atoms with Gasteiger partial charge in [0.25, 0.3) is 0 Å². The molecule has 0 aliphatic rings. The Morgan fingerprint density at radius 1 is 0.656 bits per heavy atom. The van der Waals surface area contributed by atoms with Crippen molar-refractivity contribution in [3.8, 4) is 17.0 Å². The van der Waals surface area contributed by atoms with Crippen molar-refractivity contribution in [2.75, 3.05) is 19.0 Å². The SMILES string of the molecule is CN(C)c1ccc(N=Nc2ccc(N=Nc3ccc(-c4ccccn4)c(O)c3)cc2)cc1. The van der Waals surface area contributed by atoms with E-state index in [0.29, 0.717) is 22.6 Å². The van der Waals surface area contributed by atoms with Crippen molar-refractivity contribution in [1.29, 1.82) is 0 Å². The largest absolute Gasteiger partial charge is 0.507 e. The van der Waals surface area contributed by atoms with Crippen LogP contribution in [0.1, 0.15) is 0 Å². The van der Waals surface area contributed by atoms with Gasteiger partial charge in [-0.3, -0.25) is 4.98 Å². The summed E-state index contributed by atoms with van der Waals surface area (Å²) in [6.45, 7) is 0. The van der Waals surface area contributed by atoms with Crippen LogP contribution in [-0.4, -0.2) is 24.2 Å². The molecule has 158 valence electrons. The van der Waals surface area contributed by atoms with Crippen molar-refractivity contribution in [1.82, 2.24) is 4.98 Å². The summed E-state index contributed by atoms with van der Waals surface area (Å²) in [6, 6.07) is 25.8. The number of pyridine rings is 1. The van der Waals surface area contributed by atoms with Crippen LogP contribution in [0.15, 0.2) is 112 Å². The van der Waals surface area contributed by atoms with E-state index in [-0.39, 0.29) is 5.75 Å². The zero-order valence-electron chi connectivity index (χ0n) is 17.8. The molecule has 7 heteroatoms. The van der Waals surface area contributed by atoms with Gasteiger partial charge in [-0.2, -0.15) is 20.5 Å². The number of hydrogen-bond acceptors (Lipinski definition) is 7. The van der Waals surface area contributed by atoms with Crippen molar-refractivity contribution in [2.24, 2.45) is 20.5 Å². The lowest BCUT2D eigenvalue weighted by Crippen LogP contribution is -2.07. The van der Waals surface area contributed by atoms with Crippen LogP contribution in [0, 0.1) is 0 Å². The second kappa shape index (κ2) is 9.61. The molecule has 0 fully saturated rings. The minimum absolute atomic E-state index is 0.106. The van der Waals surface area contributed by atoms with Gasteiger partial charge < -0.3 is 10.0 Å². The van der Waals surface area contributed by atoms with Gasteiger partial charge in [0.05, 0.1) is 28.4 Å². The van der Waals surface area contributed by atoms with Gasteiger partial charge in [-0.15, -0.1) is 0 Å². The second-order valence-corrected chi connectivity index (χ2v) is 7.24. The molecular formula is C25H22N6O. The zero-order chi connectivity index (χ0) is 22.3. The Hall–Kier alpha value is -4.39. The molecule has 0 unspecified atom stereocenters. The molecule has 0 radical (unpaired) electrons. The summed E-state index contributed by atoms with van der Waals surface area (Å²) in [5.41, 5.74) is 5.19. The minimum atomic E-state index is 0.106. The fraction of sp³-hybridized carbons (Fsp3) is 0.0800. The smallest absolute Gasteiger partial charge is 0.127 e. The van der Waals surface area contributed by atoms with Crippen LogP contribution < -0.4 is 4.90 Å². The molecular weight excluding hydrogens is 400 g/mol. The number of aromatic hydroxyl groups is 1. The Balaban J connectivity index is 1.41.